The van der Waals surface area contributed by atoms with Crippen molar-refractivity contribution in [1.29, 1.82) is 0 Å². The number of pyridine rings is 1. The summed E-state index contributed by atoms with van der Waals surface area (Å²) in [6.07, 6.45) is -1.38. The number of aromatic nitrogens is 1. The number of carbonyl (C=O) groups is 6. The van der Waals surface area contributed by atoms with Crippen LogP contribution >= 0.6 is 0 Å². The first-order chi connectivity index (χ1) is 22.8. The van der Waals surface area contributed by atoms with Crippen LogP contribution in [0.25, 0.3) is 0 Å². The van der Waals surface area contributed by atoms with E-state index in [9.17, 15) is 28.8 Å². The molecule has 2 aromatic rings. The topological polar surface area (TPSA) is 192 Å². The van der Waals surface area contributed by atoms with Gasteiger partial charge in [0.2, 0.25) is 6.79 Å². The monoisotopic (exact) mass is 672 g/mol. The predicted molar refractivity (Wildman–Crippen MR) is 165 cm³/mol. The van der Waals surface area contributed by atoms with Crippen LogP contribution < -0.4 is 14.8 Å². The number of carbonyl (C=O) groups excluding carboxylic acids is 6. The summed E-state index contributed by atoms with van der Waals surface area (Å²) in [6.45, 7) is 6.41. The van der Waals surface area contributed by atoms with E-state index >= 15 is 0 Å². The van der Waals surface area contributed by atoms with Crippen LogP contribution in [0.1, 0.15) is 61.9 Å². The zero-order valence-corrected chi connectivity index (χ0v) is 27.6. The number of esters is 5. The number of nitrogens with zero attached hydrogens (tertiary/aromatic N) is 1. The van der Waals surface area contributed by atoms with Crippen LogP contribution in [0.4, 0.5) is 0 Å². The molecule has 0 bridgehead atoms. The van der Waals surface area contributed by atoms with E-state index in [2.05, 4.69) is 10.3 Å². The van der Waals surface area contributed by atoms with Crippen molar-refractivity contribution in [3.8, 4) is 11.5 Å². The van der Waals surface area contributed by atoms with Crippen LogP contribution in [0.2, 0.25) is 0 Å². The second kappa shape index (κ2) is 17.6. The lowest BCUT2D eigenvalue weighted by molar-refractivity contribution is -0.177. The van der Waals surface area contributed by atoms with Crippen molar-refractivity contribution >= 4 is 35.8 Å². The molecule has 1 aromatic heterocycles. The summed E-state index contributed by atoms with van der Waals surface area (Å²) in [6, 6.07) is 8.09. The number of methoxy groups -OCH3 is 1. The highest BCUT2D eigenvalue weighted by atomic mass is 16.7. The third-order valence-electron chi connectivity index (χ3n) is 7.02. The minimum Gasteiger partial charge on any atom is -0.493 e. The Labute approximate surface area is 277 Å². The van der Waals surface area contributed by atoms with Gasteiger partial charge >= 0.3 is 29.8 Å². The van der Waals surface area contributed by atoms with Gasteiger partial charge < -0.3 is 38.5 Å². The average molecular weight is 673 g/mol. The molecule has 15 heteroatoms. The standard InChI is InChI=1S/C33H40N2O13/c1-18(2)29(37)46-17-45-27-24(42-6)12-14-34-25(27)28(36)35-23-16-44-32(40)22(13-15-43-31(39)21-10-8-7-9-11-21)26(20(5)47-33(23)41)48-30(38)19(3)4/h7-12,14,18-20,22-23,26H,13,15-17H2,1-6H3,(H,35,36)/t20-,22+,23-,26-/m0/s1. The van der Waals surface area contributed by atoms with Crippen molar-refractivity contribution in [1.82, 2.24) is 10.3 Å². The second-order valence-corrected chi connectivity index (χ2v) is 11.3. The van der Waals surface area contributed by atoms with Crippen LogP contribution in [0.5, 0.6) is 11.5 Å². The smallest absolute Gasteiger partial charge is 0.338 e. The number of rotatable bonds is 13. The molecular weight excluding hydrogens is 632 g/mol. The minimum absolute atomic E-state index is 0.0819. The molecule has 1 N–H and O–H groups in total. The van der Waals surface area contributed by atoms with E-state index in [0.29, 0.717) is 5.56 Å². The molecule has 1 fully saturated rings. The van der Waals surface area contributed by atoms with Gasteiger partial charge in [-0.05, 0) is 25.5 Å². The van der Waals surface area contributed by atoms with Crippen LogP contribution in [0, 0.1) is 17.8 Å². The Morgan fingerprint density at radius 2 is 1.65 bits per heavy atom. The Balaban J connectivity index is 1.80. The third-order valence-corrected chi connectivity index (χ3v) is 7.02. The van der Waals surface area contributed by atoms with E-state index in [0.717, 1.165) is 0 Å². The summed E-state index contributed by atoms with van der Waals surface area (Å²) in [7, 11) is 1.32. The summed E-state index contributed by atoms with van der Waals surface area (Å²) in [5, 5.41) is 2.42. The molecule has 1 aromatic carbocycles. The maximum Gasteiger partial charge on any atom is 0.338 e. The first-order valence-electron chi connectivity index (χ1n) is 15.3. The van der Waals surface area contributed by atoms with Crippen molar-refractivity contribution in [3.05, 3.63) is 53.9 Å². The van der Waals surface area contributed by atoms with Gasteiger partial charge in [-0.25, -0.2) is 14.6 Å². The largest absolute Gasteiger partial charge is 0.493 e. The van der Waals surface area contributed by atoms with Gasteiger partial charge in [0.1, 0.15) is 18.6 Å². The highest BCUT2D eigenvalue weighted by Gasteiger charge is 2.42. The average Bonchev–Trinajstić information content (AvgIpc) is 3.10. The molecule has 0 saturated carbocycles. The summed E-state index contributed by atoms with van der Waals surface area (Å²) in [5.41, 5.74) is -0.0299. The molecule has 1 amide bonds. The summed E-state index contributed by atoms with van der Waals surface area (Å²) < 4.78 is 37.7. The quantitative estimate of drug-likeness (QED) is 0.185. The molecule has 15 nitrogen and oxygen atoms in total. The summed E-state index contributed by atoms with van der Waals surface area (Å²) >= 11 is 0. The van der Waals surface area contributed by atoms with Gasteiger partial charge in [-0.2, -0.15) is 0 Å². The van der Waals surface area contributed by atoms with Crippen molar-refractivity contribution in [2.24, 2.45) is 17.8 Å². The fourth-order valence-electron chi connectivity index (χ4n) is 4.33. The maximum absolute atomic E-state index is 13.4. The molecule has 0 aliphatic carbocycles. The zero-order chi connectivity index (χ0) is 35.4. The third kappa shape index (κ3) is 10.1. The Morgan fingerprint density at radius 1 is 0.958 bits per heavy atom. The first kappa shape index (κ1) is 37.2. The molecule has 260 valence electrons. The molecule has 2 heterocycles. The normalized spacial score (nSPS) is 19.5. The van der Waals surface area contributed by atoms with Gasteiger partial charge in [-0.15, -0.1) is 0 Å². The van der Waals surface area contributed by atoms with Crippen molar-refractivity contribution in [3.63, 3.8) is 0 Å². The number of hydrogen-bond donors (Lipinski definition) is 1. The first-order valence-corrected chi connectivity index (χ1v) is 15.3. The number of cyclic esters (lactones) is 2. The van der Waals surface area contributed by atoms with Gasteiger partial charge in [0.15, 0.2) is 29.3 Å². The molecular formula is C33H40N2O13. The fourth-order valence-corrected chi connectivity index (χ4v) is 4.33. The Kier molecular flexibility index (Phi) is 13.7. The fraction of sp³-hybridized carbons (Fsp3) is 0.485. The molecule has 1 saturated heterocycles. The van der Waals surface area contributed by atoms with Crippen LogP contribution in [0.15, 0.2) is 42.6 Å². The van der Waals surface area contributed by atoms with E-state index in [-0.39, 0.29) is 30.2 Å². The Bertz CT molecular complexity index is 1460. The van der Waals surface area contributed by atoms with Crippen LogP contribution in [-0.4, -0.2) is 86.1 Å². The van der Waals surface area contributed by atoms with E-state index < -0.39 is 85.2 Å². The SMILES string of the molecule is COc1ccnc(C(=O)N[C@H]2COC(=O)[C@H](CCOC(=O)c3ccccc3)[C@@H](OC(=O)C(C)C)[C@H](C)OC2=O)c1OCOC(=O)C(C)C. The summed E-state index contributed by atoms with van der Waals surface area (Å²) in [5.74, 6) is -6.96. The van der Waals surface area contributed by atoms with Crippen molar-refractivity contribution in [2.75, 3.05) is 27.1 Å². The van der Waals surface area contributed by atoms with Gasteiger partial charge in [0.25, 0.3) is 5.91 Å². The lowest BCUT2D eigenvalue weighted by Gasteiger charge is -2.29. The number of ether oxygens (including phenoxy) is 7. The summed E-state index contributed by atoms with van der Waals surface area (Å²) in [4.78, 5) is 81.1. The number of hydrogen-bond acceptors (Lipinski definition) is 14. The van der Waals surface area contributed by atoms with E-state index in [4.69, 9.17) is 33.2 Å². The molecule has 1 aliphatic rings. The van der Waals surface area contributed by atoms with E-state index in [1.54, 1.807) is 58.0 Å². The Morgan fingerprint density at radius 3 is 2.29 bits per heavy atom. The lowest BCUT2D eigenvalue weighted by atomic mass is 9.94. The molecule has 4 atom stereocenters. The van der Waals surface area contributed by atoms with E-state index in [1.165, 1.54) is 26.3 Å². The van der Waals surface area contributed by atoms with E-state index in [1.807, 2.05) is 0 Å². The molecule has 0 spiro atoms. The lowest BCUT2D eigenvalue weighted by Crippen LogP contribution is -2.47. The predicted octanol–water partition coefficient (Wildman–Crippen LogP) is 2.64. The van der Waals surface area contributed by atoms with Gasteiger partial charge in [-0.3, -0.25) is 19.2 Å². The van der Waals surface area contributed by atoms with Gasteiger partial charge in [0.05, 0.1) is 31.1 Å². The maximum atomic E-state index is 13.4. The molecule has 48 heavy (non-hydrogen) atoms. The number of nitrogens with one attached hydrogen (secondary N) is 1. The van der Waals surface area contributed by atoms with Gasteiger partial charge in [0, 0.05) is 12.3 Å². The van der Waals surface area contributed by atoms with Crippen molar-refractivity contribution in [2.45, 2.75) is 59.3 Å². The minimum atomic E-state index is -1.53. The number of benzene rings is 1. The molecule has 1 aliphatic heterocycles. The zero-order valence-electron chi connectivity index (χ0n) is 27.6. The van der Waals surface area contributed by atoms with Crippen molar-refractivity contribution < 1.29 is 61.9 Å². The number of amides is 1. The molecule has 0 radical (unpaired) electrons. The molecule has 0 unspecified atom stereocenters. The highest BCUT2D eigenvalue weighted by Crippen LogP contribution is 2.30. The highest BCUT2D eigenvalue weighted by molar-refractivity contribution is 5.98. The second-order valence-electron chi connectivity index (χ2n) is 11.3. The Hall–Kier alpha value is -5.21. The molecule has 3 rings (SSSR count). The van der Waals surface area contributed by atoms with Crippen LogP contribution in [0.3, 0.4) is 0 Å². The van der Waals surface area contributed by atoms with Gasteiger partial charge in [-0.1, -0.05) is 45.9 Å². The van der Waals surface area contributed by atoms with Crippen LogP contribution in [-0.2, 0) is 42.9 Å².